The molecule has 1 aliphatic rings. The number of fused-ring (bicyclic) bond motifs is 9. The molecule has 1 atom stereocenters. The molecule has 0 saturated carbocycles. The highest BCUT2D eigenvalue weighted by Crippen LogP contribution is 2.43. The van der Waals surface area contributed by atoms with Gasteiger partial charge in [-0.3, -0.25) is 4.98 Å². The summed E-state index contributed by atoms with van der Waals surface area (Å²) in [6.07, 6.45) is 7.52. The van der Waals surface area contributed by atoms with Gasteiger partial charge in [0.1, 0.15) is 11.2 Å². The number of benzene rings is 8. The largest absolute Gasteiger partial charge is 0.455 e. The first-order chi connectivity index (χ1) is 26.8. The smallest absolute Gasteiger partial charge is 0.144 e. The summed E-state index contributed by atoms with van der Waals surface area (Å²) in [7, 11) is 0. The highest BCUT2D eigenvalue weighted by Gasteiger charge is 2.22. The summed E-state index contributed by atoms with van der Waals surface area (Å²) in [6.45, 7) is 0. The average Bonchev–Trinajstić information content (AvgIpc) is 3.63. The third kappa shape index (κ3) is 4.93. The molecule has 3 nitrogen and oxygen atoms in total. The van der Waals surface area contributed by atoms with Crippen molar-refractivity contribution in [2.45, 2.75) is 12.3 Å². The van der Waals surface area contributed by atoms with Gasteiger partial charge in [0.2, 0.25) is 0 Å². The molecule has 8 aromatic carbocycles. The Hall–Kier alpha value is -6.97. The lowest BCUT2D eigenvalue weighted by atomic mass is 9.82. The molecule has 0 spiro atoms. The number of pyridine rings is 1. The van der Waals surface area contributed by atoms with E-state index in [1.165, 1.54) is 49.4 Å². The van der Waals surface area contributed by atoms with Crippen LogP contribution in [0.4, 0.5) is 17.1 Å². The molecule has 54 heavy (non-hydrogen) atoms. The van der Waals surface area contributed by atoms with E-state index < -0.39 is 0 Å². The Bertz CT molecular complexity index is 3100. The lowest BCUT2D eigenvalue weighted by molar-refractivity contribution is 0.672. The van der Waals surface area contributed by atoms with Gasteiger partial charge < -0.3 is 9.32 Å². The number of anilines is 3. The second-order valence-electron chi connectivity index (χ2n) is 14.3. The van der Waals surface area contributed by atoms with E-state index in [1.807, 2.05) is 18.3 Å². The minimum Gasteiger partial charge on any atom is -0.455 e. The maximum absolute atomic E-state index is 6.51. The van der Waals surface area contributed by atoms with Crippen molar-refractivity contribution in [2.75, 3.05) is 4.90 Å². The Morgan fingerprint density at radius 1 is 0.537 bits per heavy atom. The number of nitrogens with zero attached hydrogens (tertiary/aromatic N) is 2. The van der Waals surface area contributed by atoms with Gasteiger partial charge in [-0.15, -0.1) is 0 Å². The van der Waals surface area contributed by atoms with Crippen LogP contribution in [0.3, 0.4) is 0 Å². The molecule has 1 unspecified atom stereocenters. The summed E-state index contributed by atoms with van der Waals surface area (Å²) in [5.74, 6) is 0.279. The molecule has 0 fully saturated rings. The second-order valence-corrected chi connectivity index (χ2v) is 14.3. The van der Waals surface area contributed by atoms with Crippen LogP contribution in [0, 0.1) is 0 Å². The molecule has 10 aromatic rings. The van der Waals surface area contributed by atoms with Crippen LogP contribution < -0.4 is 4.90 Å². The van der Waals surface area contributed by atoms with Crippen molar-refractivity contribution >= 4 is 77.5 Å². The molecule has 0 amide bonds. The molecule has 0 aliphatic heterocycles. The zero-order valence-corrected chi connectivity index (χ0v) is 29.5. The first-order valence-corrected chi connectivity index (χ1v) is 18.6. The Kier molecular flexibility index (Phi) is 6.99. The van der Waals surface area contributed by atoms with Crippen LogP contribution in [0.15, 0.2) is 187 Å². The van der Waals surface area contributed by atoms with Gasteiger partial charge in [0.05, 0.1) is 17.4 Å². The van der Waals surface area contributed by atoms with Gasteiger partial charge in [-0.2, -0.15) is 0 Å². The van der Waals surface area contributed by atoms with Gasteiger partial charge >= 0.3 is 0 Å². The molecule has 0 saturated heterocycles. The van der Waals surface area contributed by atoms with E-state index in [4.69, 9.17) is 9.40 Å². The molecular formula is C51H34N2O. The number of hydrogen-bond donors (Lipinski definition) is 0. The molecule has 11 rings (SSSR count). The van der Waals surface area contributed by atoms with Crippen LogP contribution in [-0.2, 0) is 0 Å². The predicted octanol–water partition coefficient (Wildman–Crippen LogP) is 14.1. The number of aromatic nitrogens is 1. The molecule has 3 heteroatoms. The zero-order chi connectivity index (χ0) is 35.6. The van der Waals surface area contributed by atoms with Gasteiger partial charge in [0.15, 0.2) is 0 Å². The average molecular weight is 691 g/mol. The Labute approximate surface area is 313 Å². The first-order valence-electron chi connectivity index (χ1n) is 18.6. The standard InChI is InChI=1S/C51H34N2O/c1-3-16-40-33(11-1)13-10-21-41(40)35-14-9-15-38(29-35)53(39-31-48-49(52-32-39)28-27-46-45-20-7-8-22-50(45)54-51(46)48)37-25-23-34(24-26-37)47-30-36-12-2-4-17-42(36)43-18-5-6-19-44(43)47/h1-20,22-32,41H,21H2. The minimum absolute atomic E-state index is 0.279. The van der Waals surface area contributed by atoms with Crippen LogP contribution in [-0.4, -0.2) is 4.98 Å². The summed E-state index contributed by atoms with van der Waals surface area (Å²) in [6, 6.07) is 61.3. The topological polar surface area (TPSA) is 29.3 Å². The number of allylic oxidation sites excluding steroid dienone is 1. The molecule has 0 radical (unpaired) electrons. The molecule has 2 aromatic heterocycles. The Morgan fingerprint density at radius 2 is 1.31 bits per heavy atom. The van der Waals surface area contributed by atoms with Gasteiger partial charge in [0.25, 0.3) is 0 Å². The molecular weight excluding hydrogens is 657 g/mol. The van der Waals surface area contributed by atoms with E-state index in [1.54, 1.807) is 0 Å². The number of hydrogen-bond acceptors (Lipinski definition) is 3. The summed E-state index contributed by atoms with van der Waals surface area (Å²) in [5, 5.41) is 8.25. The highest BCUT2D eigenvalue weighted by molar-refractivity contribution is 6.15. The van der Waals surface area contributed by atoms with Crippen molar-refractivity contribution in [3.8, 4) is 11.1 Å². The van der Waals surface area contributed by atoms with Crippen LogP contribution in [0.25, 0.3) is 71.6 Å². The van der Waals surface area contributed by atoms with Crippen molar-refractivity contribution < 1.29 is 4.42 Å². The van der Waals surface area contributed by atoms with E-state index in [0.717, 1.165) is 56.3 Å². The zero-order valence-electron chi connectivity index (χ0n) is 29.5. The second kappa shape index (κ2) is 12.3. The fraction of sp³-hybridized carbons (Fsp3) is 0.0392. The fourth-order valence-electron chi connectivity index (χ4n) is 8.66. The summed E-state index contributed by atoms with van der Waals surface area (Å²) in [5.41, 5.74) is 12.1. The minimum atomic E-state index is 0.279. The number of furan rings is 1. The van der Waals surface area contributed by atoms with Crippen molar-refractivity contribution in [2.24, 2.45) is 0 Å². The lowest BCUT2D eigenvalue weighted by Gasteiger charge is -2.28. The molecule has 254 valence electrons. The van der Waals surface area contributed by atoms with E-state index in [9.17, 15) is 0 Å². The van der Waals surface area contributed by atoms with Crippen molar-refractivity contribution in [1.29, 1.82) is 0 Å². The van der Waals surface area contributed by atoms with Crippen LogP contribution >= 0.6 is 0 Å². The van der Waals surface area contributed by atoms with Crippen molar-refractivity contribution in [3.63, 3.8) is 0 Å². The van der Waals surface area contributed by atoms with Crippen LogP contribution in [0.5, 0.6) is 0 Å². The SMILES string of the molecule is C1=Cc2ccccc2C(c2cccc(N(c3ccc(-c4cc5ccccc5c5ccccc45)cc3)c3cnc4ccc5c6ccccc6oc5c4c3)c2)C1. The van der Waals surface area contributed by atoms with Crippen molar-refractivity contribution in [3.05, 3.63) is 199 Å². The number of rotatable bonds is 5. The Morgan fingerprint density at radius 3 is 2.22 bits per heavy atom. The monoisotopic (exact) mass is 690 g/mol. The maximum Gasteiger partial charge on any atom is 0.144 e. The molecule has 0 N–H and O–H groups in total. The lowest BCUT2D eigenvalue weighted by Crippen LogP contribution is -2.12. The van der Waals surface area contributed by atoms with Gasteiger partial charge in [0, 0.05) is 33.5 Å². The van der Waals surface area contributed by atoms with Crippen LogP contribution in [0.2, 0.25) is 0 Å². The summed E-state index contributed by atoms with van der Waals surface area (Å²) in [4.78, 5) is 7.37. The fourth-order valence-corrected chi connectivity index (χ4v) is 8.66. The summed E-state index contributed by atoms with van der Waals surface area (Å²) < 4.78 is 6.51. The van der Waals surface area contributed by atoms with Gasteiger partial charge in [-0.1, -0.05) is 127 Å². The first kappa shape index (κ1) is 30.6. The normalized spacial score (nSPS) is 14.0. The molecule has 2 heterocycles. The third-order valence-corrected chi connectivity index (χ3v) is 11.2. The predicted molar refractivity (Wildman–Crippen MR) is 226 cm³/mol. The van der Waals surface area contributed by atoms with E-state index in [0.29, 0.717) is 0 Å². The quantitative estimate of drug-likeness (QED) is 0.168. The number of para-hydroxylation sites is 1. The molecule has 1 aliphatic carbocycles. The highest BCUT2D eigenvalue weighted by atomic mass is 16.3. The Balaban J connectivity index is 1.08. The maximum atomic E-state index is 6.51. The molecule has 0 bridgehead atoms. The summed E-state index contributed by atoms with van der Waals surface area (Å²) >= 11 is 0. The van der Waals surface area contributed by atoms with Gasteiger partial charge in [-0.25, -0.2) is 0 Å². The third-order valence-electron chi connectivity index (χ3n) is 11.2. The van der Waals surface area contributed by atoms with E-state index in [2.05, 4.69) is 175 Å². The van der Waals surface area contributed by atoms with E-state index in [-0.39, 0.29) is 5.92 Å². The van der Waals surface area contributed by atoms with Gasteiger partial charge in [-0.05, 0) is 110 Å². The van der Waals surface area contributed by atoms with Crippen molar-refractivity contribution in [1.82, 2.24) is 4.98 Å². The van der Waals surface area contributed by atoms with Crippen LogP contribution in [0.1, 0.15) is 29.0 Å². The van der Waals surface area contributed by atoms with E-state index >= 15 is 0 Å².